The first kappa shape index (κ1) is 19.0. The molecule has 1 aliphatic rings. The summed E-state index contributed by atoms with van der Waals surface area (Å²) in [6, 6.07) is 5.71. The van der Waals surface area contributed by atoms with Gasteiger partial charge in [-0.05, 0) is 40.7 Å². The van der Waals surface area contributed by atoms with Crippen LogP contribution in [0.3, 0.4) is 0 Å². The highest BCUT2D eigenvalue weighted by molar-refractivity contribution is 5.69. The van der Waals surface area contributed by atoms with Crippen molar-refractivity contribution in [3.8, 4) is 5.75 Å². The van der Waals surface area contributed by atoms with Crippen molar-refractivity contribution in [3.05, 3.63) is 34.4 Å². The molecule has 0 bridgehead atoms. The second-order valence-electron chi connectivity index (χ2n) is 7.30. The van der Waals surface area contributed by atoms with Crippen LogP contribution in [-0.4, -0.2) is 46.5 Å². The van der Waals surface area contributed by atoms with Gasteiger partial charge in [-0.1, -0.05) is 12.1 Å². The summed E-state index contributed by atoms with van der Waals surface area (Å²) in [6.45, 7) is 9.21. The summed E-state index contributed by atoms with van der Waals surface area (Å²) >= 11 is 0. The molecule has 1 fully saturated rings. The van der Waals surface area contributed by atoms with E-state index in [2.05, 4.69) is 0 Å². The van der Waals surface area contributed by atoms with Gasteiger partial charge in [-0.3, -0.25) is 15.0 Å². The Morgan fingerprint density at radius 1 is 1.40 bits per heavy atom. The van der Waals surface area contributed by atoms with Gasteiger partial charge in [0.05, 0.1) is 17.6 Å². The van der Waals surface area contributed by atoms with Crippen molar-refractivity contribution in [1.82, 2.24) is 4.90 Å². The Balaban J connectivity index is 2.13. The first-order valence-electron chi connectivity index (χ1n) is 8.04. The monoisotopic (exact) mass is 352 g/mol. The minimum Gasteiger partial charge on any atom is -0.485 e. The first-order chi connectivity index (χ1) is 11.5. The number of nitrogens with zero attached hydrogens (tertiary/aromatic N) is 2. The number of carbonyl (C=O) groups is 1. The molecule has 0 saturated carbocycles. The summed E-state index contributed by atoms with van der Waals surface area (Å²) in [4.78, 5) is 24.6. The number of carbonyl (C=O) groups excluding carboxylic acids is 1. The number of para-hydroxylation sites is 2. The Morgan fingerprint density at radius 2 is 2.04 bits per heavy atom. The molecule has 8 heteroatoms. The molecule has 1 aliphatic heterocycles. The van der Waals surface area contributed by atoms with Crippen molar-refractivity contribution in [2.24, 2.45) is 0 Å². The fourth-order valence-electron chi connectivity index (χ4n) is 2.60. The van der Waals surface area contributed by atoms with Crippen LogP contribution in [0.15, 0.2) is 24.3 Å². The van der Waals surface area contributed by atoms with Crippen molar-refractivity contribution in [1.29, 1.82) is 0 Å². The van der Waals surface area contributed by atoms with Crippen LogP contribution < -0.4 is 4.74 Å². The molecule has 2 rings (SSSR count). The van der Waals surface area contributed by atoms with E-state index in [-0.39, 0.29) is 24.7 Å². The number of rotatable bonds is 4. The van der Waals surface area contributed by atoms with E-state index in [0.29, 0.717) is 0 Å². The summed E-state index contributed by atoms with van der Waals surface area (Å²) in [7, 11) is 0. The van der Waals surface area contributed by atoms with Crippen molar-refractivity contribution < 1.29 is 23.9 Å². The predicted molar refractivity (Wildman–Crippen MR) is 90.5 cm³/mol. The van der Waals surface area contributed by atoms with E-state index in [4.69, 9.17) is 14.2 Å². The molecular weight excluding hydrogens is 328 g/mol. The lowest BCUT2D eigenvalue weighted by molar-refractivity contribution is -0.385. The molecule has 1 heterocycles. The molecule has 1 atom stereocenters. The van der Waals surface area contributed by atoms with Gasteiger partial charge in [0, 0.05) is 6.07 Å². The largest absolute Gasteiger partial charge is 0.485 e. The third-order valence-electron chi connectivity index (χ3n) is 3.66. The Hall–Kier alpha value is -2.35. The maximum absolute atomic E-state index is 12.5. The molecule has 1 saturated heterocycles. The van der Waals surface area contributed by atoms with Crippen LogP contribution in [0.5, 0.6) is 5.75 Å². The summed E-state index contributed by atoms with van der Waals surface area (Å²) in [5.41, 5.74) is -1.61. The molecule has 138 valence electrons. The van der Waals surface area contributed by atoms with Gasteiger partial charge in [-0.15, -0.1) is 0 Å². The van der Waals surface area contributed by atoms with Gasteiger partial charge in [0.1, 0.15) is 17.9 Å². The van der Waals surface area contributed by atoms with Crippen LogP contribution >= 0.6 is 0 Å². The van der Waals surface area contributed by atoms with Gasteiger partial charge >= 0.3 is 11.8 Å². The summed E-state index contributed by atoms with van der Waals surface area (Å²) in [6.07, 6.45) is -0.508. The van der Waals surface area contributed by atoms with E-state index in [1.54, 1.807) is 46.8 Å². The van der Waals surface area contributed by atoms with Gasteiger partial charge in [-0.25, -0.2) is 4.79 Å². The second-order valence-corrected chi connectivity index (χ2v) is 7.30. The molecule has 0 unspecified atom stereocenters. The summed E-state index contributed by atoms with van der Waals surface area (Å²) in [5.74, 6) is 0.154. The van der Waals surface area contributed by atoms with Crippen molar-refractivity contribution in [3.63, 3.8) is 0 Å². The molecule has 0 aliphatic carbocycles. The smallest absolute Gasteiger partial charge is 0.413 e. The summed E-state index contributed by atoms with van der Waals surface area (Å²) in [5, 5.41) is 11.1. The zero-order valence-electron chi connectivity index (χ0n) is 15.1. The third kappa shape index (κ3) is 4.60. The minimum atomic E-state index is -0.848. The van der Waals surface area contributed by atoms with E-state index in [1.165, 1.54) is 17.0 Å². The molecule has 0 spiro atoms. The number of amides is 1. The van der Waals surface area contributed by atoms with Crippen LogP contribution in [0, 0.1) is 10.1 Å². The van der Waals surface area contributed by atoms with Crippen molar-refractivity contribution in [2.75, 3.05) is 13.2 Å². The topological polar surface area (TPSA) is 91.1 Å². The van der Waals surface area contributed by atoms with Gasteiger partial charge in [0.2, 0.25) is 0 Å². The van der Waals surface area contributed by atoms with Crippen LogP contribution in [0.25, 0.3) is 0 Å². The normalized spacial score (nSPS) is 19.6. The van der Waals surface area contributed by atoms with Gasteiger partial charge < -0.3 is 14.2 Å². The molecule has 1 aromatic carbocycles. The van der Waals surface area contributed by atoms with Gasteiger partial charge in [0.25, 0.3) is 0 Å². The molecule has 0 N–H and O–H groups in total. The molecule has 8 nitrogen and oxygen atoms in total. The lowest BCUT2D eigenvalue weighted by Gasteiger charge is -2.34. The minimum absolute atomic E-state index is 0.0630. The molecule has 0 radical (unpaired) electrons. The quantitative estimate of drug-likeness (QED) is 0.609. The Labute approximate surface area is 146 Å². The number of ether oxygens (including phenoxy) is 3. The van der Waals surface area contributed by atoms with Crippen LogP contribution in [0.2, 0.25) is 0 Å². The molecule has 1 amide bonds. The number of nitro groups is 1. The Bertz CT molecular complexity index is 653. The highest BCUT2D eigenvalue weighted by Gasteiger charge is 2.46. The van der Waals surface area contributed by atoms with E-state index in [0.717, 1.165) is 0 Å². The van der Waals surface area contributed by atoms with Crippen molar-refractivity contribution in [2.45, 2.75) is 52.0 Å². The second kappa shape index (κ2) is 6.87. The molecule has 0 aromatic heterocycles. The lowest BCUT2D eigenvalue weighted by Crippen LogP contribution is -2.51. The Kier molecular flexibility index (Phi) is 5.22. The number of nitro benzene ring substituents is 1. The highest BCUT2D eigenvalue weighted by Crippen LogP contribution is 2.31. The number of hydrogen-bond acceptors (Lipinski definition) is 6. The number of benzene rings is 1. The lowest BCUT2D eigenvalue weighted by atomic mass is 10.2. The first-order valence-corrected chi connectivity index (χ1v) is 8.04. The van der Waals surface area contributed by atoms with Crippen LogP contribution in [-0.2, 0) is 9.47 Å². The molecular formula is C17H24N2O6. The Morgan fingerprint density at radius 3 is 2.64 bits per heavy atom. The highest BCUT2D eigenvalue weighted by atomic mass is 16.6. The number of hydrogen-bond donors (Lipinski definition) is 0. The van der Waals surface area contributed by atoms with E-state index < -0.39 is 28.4 Å². The van der Waals surface area contributed by atoms with Crippen LogP contribution in [0.4, 0.5) is 10.5 Å². The van der Waals surface area contributed by atoms with E-state index in [9.17, 15) is 14.9 Å². The fourth-order valence-corrected chi connectivity index (χ4v) is 2.60. The average Bonchev–Trinajstić information content (AvgIpc) is 2.78. The van der Waals surface area contributed by atoms with Gasteiger partial charge in [0.15, 0.2) is 5.75 Å². The predicted octanol–water partition coefficient (Wildman–Crippen LogP) is 3.35. The third-order valence-corrected chi connectivity index (χ3v) is 3.66. The molecule has 25 heavy (non-hydrogen) atoms. The average molecular weight is 352 g/mol. The standard InChI is InChI=1S/C17H24N2O6/c1-16(2,3)25-15(20)18-12(11-24-17(18,4)5)10-23-14-9-7-6-8-13(14)19(21)22/h6-9,12H,10-11H2,1-5H3/t12-/m0/s1. The summed E-state index contributed by atoms with van der Waals surface area (Å²) < 4.78 is 16.7. The zero-order valence-corrected chi connectivity index (χ0v) is 15.1. The van der Waals surface area contributed by atoms with E-state index >= 15 is 0 Å². The van der Waals surface area contributed by atoms with Crippen molar-refractivity contribution >= 4 is 11.8 Å². The van der Waals surface area contributed by atoms with Crippen LogP contribution in [0.1, 0.15) is 34.6 Å². The zero-order chi connectivity index (χ0) is 18.8. The SMILES string of the molecule is CC(C)(C)OC(=O)N1[C@@H](COc2ccccc2[N+](=O)[O-])COC1(C)C. The van der Waals surface area contributed by atoms with E-state index in [1.807, 2.05) is 0 Å². The maximum atomic E-state index is 12.5. The fraction of sp³-hybridized carbons (Fsp3) is 0.588. The van der Waals surface area contributed by atoms with Gasteiger partial charge in [-0.2, -0.15) is 0 Å². The maximum Gasteiger partial charge on any atom is 0.413 e. The molecule has 1 aromatic rings.